The first-order chi connectivity index (χ1) is 7.31. The molecule has 0 atom stereocenters. The second-order valence-corrected chi connectivity index (χ2v) is 6.18. The fourth-order valence-corrected chi connectivity index (χ4v) is 3.28. The quantitative estimate of drug-likeness (QED) is 0.475. The van der Waals surface area contributed by atoms with E-state index in [4.69, 9.17) is 0 Å². The predicted molar refractivity (Wildman–Crippen MR) is 72.4 cm³/mol. The molecule has 0 aliphatic carbocycles. The molecule has 4 heteroatoms. The molecule has 0 unspecified atom stereocenters. The zero-order chi connectivity index (χ0) is 11.4. The lowest BCUT2D eigenvalue weighted by atomic mass is 10.2. The molecule has 0 aromatic carbocycles. The highest BCUT2D eigenvalue weighted by Gasteiger charge is 1.97. The second kappa shape index (κ2) is 12.2. The summed E-state index contributed by atoms with van der Waals surface area (Å²) >= 11 is 0. The highest BCUT2D eigenvalue weighted by molar-refractivity contribution is 8.76. The number of rotatable bonds is 10. The van der Waals surface area contributed by atoms with Crippen LogP contribution in [-0.2, 0) is 4.79 Å². The lowest BCUT2D eigenvalue weighted by Gasteiger charge is -2.01. The van der Waals surface area contributed by atoms with Gasteiger partial charge in [0.25, 0.3) is 0 Å². The van der Waals surface area contributed by atoms with Crippen molar-refractivity contribution >= 4 is 27.5 Å². The first-order valence-electron chi connectivity index (χ1n) is 5.76. The predicted octanol–water partition coefficient (Wildman–Crippen LogP) is 3.47. The summed E-state index contributed by atoms with van der Waals surface area (Å²) in [6.07, 6.45) is 7.38. The second-order valence-electron chi connectivity index (χ2n) is 3.48. The third-order valence-electron chi connectivity index (χ3n) is 2.11. The van der Waals surface area contributed by atoms with Crippen LogP contribution in [0, 0.1) is 0 Å². The van der Waals surface area contributed by atoms with Crippen molar-refractivity contribution in [2.45, 2.75) is 45.4 Å². The van der Waals surface area contributed by atoms with Crippen LogP contribution in [0.15, 0.2) is 0 Å². The Kier molecular flexibility index (Phi) is 12.4. The normalized spacial score (nSPS) is 10.3. The maximum absolute atomic E-state index is 10.9. The van der Waals surface area contributed by atoms with E-state index in [-0.39, 0.29) is 5.91 Å². The van der Waals surface area contributed by atoms with Crippen molar-refractivity contribution in [3.05, 3.63) is 0 Å². The summed E-state index contributed by atoms with van der Waals surface area (Å²) in [6.45, 7) is 2.24. The maximum Gasteiger partial charge on any atom is 0.220 e. The number of carbonyl (C=O) groups is 1. The van der Waals surface area contributed by atoms with Crippen molar-refractivity contribution in [1.29, 1.82) is 0 Å². The number of hydrogen-bond donors (Lipinski definition) is 1. The van der Waals surface area contributed by atoms with E-state index in [1.165, 1.54) is 37.9 Å². The maximum atomic E-state index is 10.9. The molecule has 0 rings (SSSR count). The van der Waals surface area contributed by atoms with Crippen molar-refractivity contribution in [3.8, 4) is 0 Å². The van der Waals surface area contributed by atoms with E-state index in [2.05, 4.69) is 12.2 Å². The number of carbonyl (C=O) groups excluding carboxylic acids is 1. The molecule has 15 heavy (non-hydrogen) atoms. The molecule has 0 aliphatic rings. The van der Waals surface area contributed by atoms with Gasteiger partial charge in [-0.1, -0.05) is 54.2 Å². The van der Waals surface area contributed by atoms with E-state index in [1.807, 2.05) is 21.6 Å². The largest absolute Gasteiger partial charge is 0.359 e. The van der Waals surface area contributed by atoms with E-state index in [9.17, 15) is 4.79 Å². The van der Waals surface area contributed by atoms with Crippen LogP contribution in [0.2, 0.25) is 0 Å². The minimum absolute atomic E-state index is 0.144. The van der Waals surface area contributed by atoms with Crippen LogP contribution < -0.4 is 5.32 Å². The highest BCUT2D eigenvalue weighted by Crippen LogP contribution is 2.23. The van der Waals surface area contributed by atoms with Crippen LogP contribution in [0.25, 0.3) is 0 Å². The van der Waals surface area contributed by atoms with Gasteiger partial charge in [0, 0.05) is 25.0 Å². The lowest BCUT2D eigenvalue weighted by Crippen LogP contribution is -2.17. The van der Waals surface area contributed by atoms with E-state index in [0.717, 1.165) is 5.75 Å². The molecule has 0 saturated carbocycles. The van der Waals surface area contributed by atoms with Gasteiger partial charge < -0.3 is 5.32 Å². The van der Waals surface area contributed by atoms with Gasteiger partial charge in [-0.15, -0.1) is 0 Å². The Morgan fingerprint density at radius 3 is 2.40 bits per heavy atom. The molecule has 0 saturated heterocycles. The van der Waals surface area contributed by atoms with Gasteiger partial charge in [0.1, 0.15) is 0 Å². The van der Waals surface area contributed by atoms with Crippen LogP contribution in [0.1, 0.15) is 45.4 Å². The molecular weight excluding hydrogens is 226 g/mol. The van der Waals surface area contributed by atoms with Crippen molar-refractivity contribution < 1.29 is 4.79 Å². The monoisotopic (exact) mass is 249 g/mol. The zero-order valence-corrected chi connectivity index (χ0v) is 11.5. The topological polar surface area (TPSA) is 29.1 Å². The number of hydrogen-bond acceptors (Lipinski definition) is 3. The fraction of sp³-hybridized carbons (Fsp3) is 0.909. The molecule has 2 nitrogen and oxygen atoms in total. The van der Waals surface area contributed by atoms with Gasteiger partial charge in [-0.05, 0) is 6.42 Å². The third-order valence-corrected chi connectivity index (χ3v) is 4.60. The Balaban J connectivity index is 2.95. The first kappa shape index (κ1) is 15.2. The van der Waals surface area contributed by atoms with E-state index < -0.39 is 0 Å². The number of amides is 1. The Morgan fingerprint density at radius 1 is 1.07 bits per heavy atom. The van der Waals surface area contributed by atoms with Crippen LogP contribution in [-0.4, -0.2) is 24.5 Å². The van der Waals surface area contributed by atoms with Gasteiger partial charge in [0.05, 0.1) is 0 Å². The van der Waals surface area contributed by atoms with Gasteiger partial charge in [0.2, 0.25) is 5.91 Å². The standard InChI is InChI=1S/C11H23NOS2/c1-3-4-5-6-7-9-14-15-10-8-11(13)12-2/h3-10H2,1-2H3,(H,12,13). The molecule has 0 radical (unpaired) electrons. The van der Waals surface area contributed by atoms with Crippen LogP contribution in [0.3, 0.4) is 0 Å². The third kappa shape index (κ3) is 12.1. The van der Waals surface area contributed by atoms with Gasteiger partial charge in [-0.25, -0.2) is 0 Å². The van der Waals surface area contributed by atoms with Gasteiger partial charge in [0.15, 0.2) is 0 Å². The number of nitrogens with one attached hydrogen (secondary N) is 1. The Morgan fingerprint density at radius 2 is 1.73 bits per heavy atom. The van der Waals surface area contributed by atoms with Gasteiger partial charge >= 0.3 is 0 Å². The van der Waals surface area contributed by atoms with Crippen LogP contribution in [0.5, 0.6) is 0 Å². The van der Waals surface area contributed by atoms with E-state index in [1.54, 1.807) is 7.05 Å². The van der Waals surface area contributed by atoms with E-state index in [0.29, 0.717) is 6.42 Å². The summed E-state index contributed by atoms with van der Waals surface area (Å²) in [7, 11) is 5.41. The molecule has 1 N–H and O–H groups in total. The highest BCUT2D eigenvalue weighted by atomic mass is 33.1. The van der Waals surface area contributed by atoms with E-state index >= 15 is 0 Å². The van der Waals surface area contributed by atoms with Gasteiger partial charge in [-0.2, -0.15) is 0 Å². The van der Waals surface area contributed by atoms with Crippen molar-refractivity contribution in [3.63, 3.8) is 0 Å². The summed E-state index contributed by atoms with van der Waals surface area (Å²) in [5.41, 5.74) is 0. The Labute approximate surface area is 102 Å². The minimum atomic E-state index is 0.144. The fourth-order valence-electron chi connectivity index (χ4n) is 1.14. The molecule has 90 valence electrons. The molecule has 1 amide bonds. The Bertz CT molecular complexity index is 154. The molecule has 0 heterocycles. The number of unbranched alkanes of at least 4 members (excludes halogenated alkanes) is 4. The molecule has 0 fully saturated rings. The average molecular weight is 249 g/mol. The molecule has 0 aromatic heterocycles. The molecular formula is C11H23NOS2. The molecule has 0 spiro atoms. The Hall–Kier alpha value is 0.170. The summed E-state index contributed by atoms with van der Waals surface area (Å²) in [5, 5.41) is 2.63. The first-order valence-corrected chi connectivity index (χ1v) is 8.25. The van der Waals surface area contributed by atoms with Crippen LogP contribution >= 0.6 is 21.6 Å². The van der Waals surface area contributed by atoms with Crippen molar-refractivity contribution in [1.82, 2.24) is 5.32 Å². The molecule has 0 aliphatic heterocycles. The summed E-state index contributed by atoms with van der Waals surface area (Å²) in [6, 6.07) is 0. The minimum Gasteiger partial charge on any atom is -0.359 e. The zero-order valence-electron chi connectivity index (χ0n) is 9.88. The summed E-state index contributed by atoms with van der Waals surface area (Å²) in [4.78, 5) is 10.9. The summed E-state index contributed by atoms with van der Waals surface area (Å²) in [5.74, 6) is 2.30. The van der Waals surface area contributed by atoms with Crippen LogP contribution in [0.4, 0.5) is 0 Å². The van der Waals surface area contributed by atoms with Gasteiger partial charge in [-0.3, -0.25) is 4.79 Å². The molecule has 0 bridgehead atoms. The van der Waals surface area contributed by atoms with Crippen molar-refractivity contribution in [2.24, 2.45) is 0 Å². The SMILES string of the molecule is CCCCCCCSSCCC(=O)NC. The smallest absolute Gasteiger partial charge is 0.220 e. The van der Waals surface area contributed by atoms with Crippen molar-refractivity contribution in [2.75, 3.05) is 18.6 Å². The molecule has 0 aromatic rings. The average Bonchev–Trinajstić information content (AvgIpc) is 2.26. The lowest BCUT2D eigenvalue weighted by molar-refractivity contribution is -0.120. The summed E-state index contributed by atoms with van der Waals surface area (Å²) < 4.78 is 0.